The molecule has 0 unspecified atom stereocenters. The lowest BCUT2D eigenvalue weighted by Gasteiger charge is -2.13. The Labute approximate surface area is 178 Å². The number of allylic oxidation sites excluding steroid dienone is 1. The Morgan fingerprint density at radius 3 is 2.73 bits per heavy atom. The molecule has 3 rings (SSSR count). The lowest BCUT2D eigenvalue weighted by atomic mass is 9.97. The van der Waals surface area contributed by atoms with Crippen LogP contribution in [0.5, 0.6) is 0 Å². The minimum atomic E-state index is -0.316. The molecule has 1 aliphatic heterocycles. The number of pyridine rings is 1. The van der Waals surface area contributed by atoms with Crippen molar-refractivity contribution in [2.24, 2.45) is 5.92 Å². The Morgan fingerprint density at radius 1 is 1.27 bits per heavy atom. The van der Waals surface area contributed by atoms with Crippen LogP contribution in [-0.2, 0) is 17.8 Å². The molecule has 0 radical (unpaired) electrons. The third-order valence-electron chi connectivity index (χ3n) is 5.26. The van der Waals surface area contributed by atoms with E-state index < -0.39 is 0 Å². The Kier molecular flexibility index (Phi) is 6.87. The van der Waals surface area contributed by atoms with Crippen LogP contribution < -0.4 is 5.32 Å². The number of ether oxygens (including phenoxy) is 1. The van der Waals surface area contributed by atoms with Gasteiger partial charge in [0.25, 0.3) is 0 Å². The Morgan fingerprint density at radius 2 is 2.03 bits per heavy atom. The first-order valence-electron chi connectivity index (χ1n) is 10.3. The number of hydrogen-bond donors (Lipinski definition) is 2. The molecule has 0 spiro atoms. The quantitative estimate of drug-likeness (QED) is 0.513. The summed E-state index contributed by atoms with van der Waals surface area (Å²) in [6, 6.07) is 10.2. The second-order valence-electron chi connectivity index (χ2n) is 8.04. The van der Waals surface area contributed by atoms with Gasteiger partial charge < -0.3 is 15.5 Å². The van der Waals surface area contributed by atoms with Crippen molar-refractivity contribution in [3.63, 3.8) is 0 Å². The maximum Gasteiger partial charge on any atom is 0.410 e. The molecule has 1 aromatic heterocycles. The van der Waals surface area contributed by atoms with Crippen LogP contribution in [0.15, 0.2) is 36.5 Å². The molecule has 6 nitrogen and oxygen atoms in total. The van der Waals surface area contributed by atoms with Crippen molar-refractivity contribution in [2.45, 2.75) is 40.3 Å². The summed E-state index contributed by atoms with van der Waals surface area (Å²) in [7, 11) is 1.40. The first kappa shape index (κ1) is 21.6. The number of hydrogen-bond acceptors (Lipinski definition) is 5. The molecule has 2 aromatic rings. The van der Waals surface area contributed by atoms with Gasteiger partial charge in [-0.2, -0.15) is 0 Å². The Bertz CT molecular complexity index is 966. The highest BCUT2D eigenvalue weighted by atomic mass is 16.5. The average molecular weight is 407 g/mol. The normalized spacial score (nSPS) is 13.4. The van der Waals surface area contributed by atoms with E-state index in [9.17, 15) is 4.79 Å². The summed E-state index contributed by atoms with van der Waals surface area (Å²) < 4.78 is 4.86. The summed E-state index contributed by atoms with van der Waals surface area (Å²) in [6.07, 6.45) is 4.02. The van der Waals surface area contributed by atoms with Gasteiger partial charge in [0.15, 0.2) is 0 Å². The van der Waals surface area contributed by atoms with Gasteiger partial charge >= 0.3 is 6.09 Å². The van der Waals surface area contributed by atoms with E-state index in [0.29, 0.717) is 19.0 Å². The van der Waals surface area contributed by atoms with Crippen LogP contribution in [0.4, 0.5) is 4.79 Å². The van der Waals surface area contributed by atoms with E-state index >= 15 is 0 Å². The summed E-state index contributed by atoms with van der Waals surface area (Å²) in [5.74, 6) is 0.627. The highest BCUT2D eigenvalue weighted by Crippen LogP contribution is 2.31. The molecule has 1 aliphatic rings. The number of aromatic nitrogens is 1. The smallest absolute Gasteiger partial charge is 0.410 e. The third-order valence-corrected chi connectivity index (χ3v) is 5.26. The number of nitrogens with zero attached hydrogens (tertiary/aromatic N) is 2. The van der Waals surface area contributed by atoms with Crippen molar-refractivity contribution in [3.8, 4) is 11.3 Å². The average Bonchev–Trinajstić information content (AvgIpc) is 3.17. The first-order valence-corrected chi connectivity index (χ1v) is 10.3. The summed E-state index contributed by atoms with van der Waals surface area (Å²) >= 11 is 0. The zero-order chi connectivity index (χ0) is 21.7. The summed E-state index contributed by atoms with van der Waals surface area (Å²) in [4.78, 5) is 18.4. The fourth-order valence-electron chi connectivity index (χ4n) is 3.56. The first-order chi connectivity index (χ1) is 14.4. The molecule has 1 amide bonds. The molecular weight excluding hydrogens is 376 g/mol. The second kappa shape index (κ2) is 9.57. The van der Waals surface area contributed by atoms with E-state index in [1.165, 1.54) is 13.3 Å². The largest absolute Gasteiger partial charge is 0.453 e. The van der Waals surface area contributed by atoms with E-state index in [4.69, 9.17) is 15.1 Å². The number of benzene rings is 1. The van der Waals surface area contributed by atoms with Gasteiger partial charge in [-0.3, -0.25) is 9.88 Å². The Balaban J connectivity index is 1.92. The molecule has 0 fully saturated rings. The highest BCUT2D eigenvalue weighted by Gasteiger charge is 2.24. The molecule has 0 bridgehead atoms. The zero-order valence-corrected chi connectivity index (χ0v) is 18.2. The van der Waals surface area contributed by atoms with E-state index in [0.717, 1.165) is 52.2 Å². The predicted molar refractivity (Wildman–Crippen MR) is 120 cm³/mol. The second-order valence-corrected chi connectivity index (χ2v) is 8.04. The van der Waals surface area contributed by atoms with Gasteiger partial charge in [-0.15, -0.1) is 0 Å². The zero-order valence-electron chi connectivity index (χ0n) is 18.2. The van der Waals surface area contributed by atoms with Crippen LogP contribution in [0.3, 0.4) is 0 Å². The maximum absolute atomic E-state index is 11.9. The SMILES string of the molecule is COC(=O)N1Cc2ccc(-c3nc(C)ccc3/C(C=N)=C/NCCC(C)C)cc2C1. The lowest BCUT2D eigenvalue weighted by Crippen LogP contribution is -2.24. The van der Waals surface area contributed by atoms with Crippen LogP contribution >= 0.6 is 0 Å². The van der Waals surface area contributed by atoms with Gasteiger partial charge in [0, 0.05) is 54.4 Å². The van der Waals surface area contributed by atoms with E-state index in [1.807, 2.05) is 31.3 Å². The number of rotatable bonds is 7. The van der Waals surface area contributed by atoms with Crippen molar-refractivity contribution >= 4 is 17.9 Å². The van der Waals surface area contributed by atoms with Crippen LogP contribution in [0.2, 0.25) is 0 Å². The third kappa shape index (κ3) is 4.87. The summed E-state index contributed by atoms with van der Waals surface area (Å²) in [6.45, 7) is 8.31. The molecule has 6 heteroatoms. The van der Waals surface area contributed by atoms with Crippen molar-refractivity contribution in [3.05, 3.63) is 58.9 Å². The molecule has 0 saturated heterocycles. The molecule has 2 heterocycles. The van der Waals surface area contributed by atoms with Crippen LogP contribution in [0.25, 0.3) is 16.8 Å². The minimum absolute atomic E-state index is 0.316. The van der Waals surface area contributed by atoms with Crippen molar-refractivity contribution in [1.29, 1.82) is 5.41 Å². The molecule has 2 N–H and O–H groups in total. The van der Waals surface area contributed by atoms with E-state index in [2.05, 4.69) is 31.3 Å². The Hall–Kier alpha value is -3.15. The highest BCUT2D eigenvalue weighted by molar-refractivity contribution is 6.10. The fraction of sp³-hybridized carbons (Fsp3) is 0.375. The number of aryl methyl sites for hydroxylation is 1. The van der Waals surface area contributed by atoms with Gasteiger partial charge in [0.1, 0.15) is 0 Å². The van der Waals surface area contributed by atoms with E-state index in [-0.39, 0.29) is 6.09 Å². The van der Waals surface area contributed by atoms with Gasteiger partial charge in [-0.25, -0.2) is 4.79 Å². The molecular formula is C24H30N4O2. The van der Waals surface area contributed by atoms with Crippen LogP contribution in [0, 0.1) is 18.3 Å². The number of nitrogens with one attached hydrogen (secondary N) is 2. The summed E-state index contributed by atoms with van der Waals surface area (Å²) in [5.41, 5.74) is 6.67. The maximum atomic E-state index is 11.9. The molecule has 30 heavy (non-hydrogen) atoms. The van der Waals surface area contributed by atoms with Crippen LogP contribution in [0.1, 0.15) is 42.7 Å². The summed E-state index contributed by atoms with van der Waals surface area (Å²) in [5, 5.41) is 11.3. The minimum Gasteiger partial charge on any atom is -0.453 e. The molecule has 0 aliphatic carbocycles. The van der Waals surface area contributed by atoms with Crippen LogP contribution in [-0.4, -0.2) is 35.8 Å². The number of fused-ring (bicyclic) bond motifs is 1. The van der Waals surface area contributed by atoms with Crippen molar-refractivity contribution in [2.75, 3.05) is 13.7 Å². The number of carbonyl (C=O) groups excluding carboxylic acids is 1. The van der Waals surface area contributed by atoms with Gasteiger partial charge in [-0.1, -0.05) is 32.0 Å². The van der Waals surface area contributed by atoms with Crippen molar-refractivity contribution in [1.82, 2.24) is 15.2 Å². The van der Waals surface area contributed by atoms with Gasteiger partial charge in [0.2, 0.25) is 0 Å². The standard InChI is InChI=1S/C24H30N4O2/c1-16(2)9-10-26-13-21(12-25)22-8-5-17(3)27-23(22)18-6-7-19-14-28(24(29)30-4)15-20(19)11-18/h5-8,11-13,16,25-26H,9-10,14-15H2,1-4H3/b21-13+,25-12?. The molecule has 0 saturated carbocycles. The van der Waals surface area contributed by atoms with Gasteiger partial charge in [-0.05, 0) is 42.5 Å². The predicted octanol–water partition coefficient (Wildman–Crippen LogP) is 4.77. The topological polar surface area (TPSA) is 78.3 Å². The monoisotopic (exact) mass is 406 g/mol. The fourth-order valence-corrected chi connectivity index (χ4v) is 3.56. The molecule has 0 atom stereocenters. The molecule has 1 aromatic carbocycles. The number of amides is 1. The lowest BCUT2D eigenvalue weighted by molar-refractivity contribution is 0.123. The van der Waals surface area contributed by atoms with Crippen molar-refractivity contribution < 1.29 is 9.53 Å². The number of carbonyl (C=O) groups is 1. The van der Waals surface area contributed by atoms with Gasteiger partial charge in [0.05, 0.1) is 12.8 Å². The molecule has 158 valence electrons. The number of methoxy groups -OCH3 is 1. The van der Waals surface area contributed by atoms with E-state index in [1.54, 1.807) is 4.90 Å².